The van der Waals surface area contributed by atoms with Crippen LogP contribution in [0.3, 0.4) is 0 Å². The largest absolute Gasteiger partial charge is 0.308 e. The van der Waals surface area contributed by atoms with Gasteiger partial charge in [-0.1, -0.05) is 54.4 Å². The fourth-order valence-corrected chi connectivity index (χ4v) is 3.51. The molecular weight excluding hydrogens is 244 g/mol. The summed E-state index contributed by atoms with van der Waals surface area (Å²) in [6.45, 7) is 17.8. The lowest BCUT2D eigenvalue weighted by molar-refractivity contribution is 0.0489. The molecule has 0 aliphatic carbocycles. The highest BCUT2D eigenvalue weighted by Crippen LogP contribution is 2.26. The van der Waals surface area contributed by atoms with Crippen molar-refractivity contribution < 1.29 is 0 Å². The first-order chi connectivity index (χ1) is 9.44. The molecule has 1 atom stereocenters. The zero-order chi connectivity index (χ0) is 15.2. The Bertz CT molecular complexity index is 256. The Morgan fingerprint density at radius 1 is 1.10 bits per heavy atom. The van der Waals surface area contributed by atoms with Gasteiger partial charge in [-0.3, -0.25) is 4.90 Å². The highest BCUT2D eigenvalue weighted by molar-refractivity contribution is 4.97. The molecule has 2 heteroatoms. The van der Waals surface area contributed by atoms with E-state index >= 15 is 0 Å². The van der Waals surface area contributed by atoms with Crippen LogP contribution in [0, 0.1) is 11.8 Å². The van der Waals surface area contributed by atoms with Crippen molar-refractivity contribution in [3.05, 3.63) is 0 Å². The van der Waals surface area contributed by atoms with E-state index in [4.69, 9.17) is 0 Å². The molecule has 1 aliphatic heterocycles. The van der Waals surface area contributed by atoms with Gasteiger partial charge in [-0.15, -0.1) is 0 Å². The Labute approximate surface area is 127 Å². The molecule has 0 saturated carbocycles. The van der Waals surface area contributed by atoms with Gasteiger partial charge in [0.2, 0.25) is 0 Å². The highest BCUT2D eigenvalue weighted by atomic mass is 15.3. The molecule has 0 aromatic heterocycles. The van der Waals surface area contributed by atoms with E-state index in [1.54, 1.807) is 0 Å². The molecule has 1 saturated heterocycles. The fourth-order valence-electron chi connectivity index (χ4n) is 3.51. The minimum Gasteiger partial charge on any atom is -0.308 e. The lowest BCUT2D eigenvalue weighted by atomic mass is 9.86. The van der Waals surface area contributed by atoms with E-state index in [9.17, 15) is 0 Å². The third-order valence-electron chi connectivity index (χ3n) is 5.26. The summed E-state index contributed by atoms with van der Waals surface area (Å²) in [5.74, 6) is 1.60. The molecule has 0 radical (unpaired) electrons. The molecule has 1 rings (SSSR count). The van der Waals surface area contributed by atoms with Gasteiger partial charge in [0.1, 0.15) is 0 Å². The molecule has 1 N–H and O–H groups in total. The van der Waals surface area contributed by atoms with Gasteiger partial charge in [-0.25, -0.2) is 0 Å². The smallest absolute Gasteiger partial charge is 0.0304 e. The number of rotatable bonds is 8. The van der Waals surface area contributed by atoms with Gasteiger partial charge >= 0.3 is 0 Å². The molecule has 1 fully saturated rings. The van der Waals surface area contributed by atoms with Crippen LogP contribution in [0.2, 0.25) is 0 Å². The van der Waals surface area contributed by atoms with Crippen LogP contribution in [0.15, 0.2) is 0 Å². The van der Waals surface area contributed by atoms with Gasteiger partial charge in [-0.05, 0) is 37.6 Å². The van der Waals surface area contributed by atoms with Gasteiger partial charge in [0, 0.05) is 24.7 Å². The second-order valence-electron chi connectivity index (χ2n) is 7.54. The molecule has 1 aliphatic rings. The monoisotopic (exact) mass is 282 g/mol. The van der Waals surface area contributed by atoms with Crippen molar-refractivity contribution >= 4 is 0 Å². The van der Waals surface area contributed by atoms with Crippen molar-refractivity contribution in [3.8, 4) is 0 Å². The first-order valence-corrected chi connectivity index (χ1v) is 8.93. The minimum absolute atomic E-state index is 0.365. The average molecular weight is 283 g/mol. The van der Waals surface area contributed by atoms with E-state index in [2.05, 4.69) is 51.8 Å². The Morgan fingerprint density at radius 3 is 2.25 bits per heavy atom. The quantitative estimate of drug-likeness (QED) is 0.668. The average Bonchev–Trinajstić information content (AvgIpc) is 2.42. The minimum atomic E-state index is 0.365. The summed E-state index contributed by atoms with van der Waals surface area (Å²) in [5, 5.41) is 3.86. The van der Waals surface area contributed by atoms with Crippen LogP contribution < -0.4 is 5.32 Å². The molecule has 1 unspecified atom stereocenters. The zero-order valence-corrected chi connectivity index (χ0v) is 14.8. The van der Waals surface area contributed by atoms with Gasteiger partial charge in [0.25, 0.3) is 0 Å². The summed E-state index contributed by atoms with van der Waals surface area (Å²) in [6, 6.07) is 0.722. The third kappa shape index (κ3) is 5.04. The lowest BCUT2D eigenvalue weighted by Crippen LogP contribution is -2.65. The SMILES string of the molecule is CCC1(CC)CN(CCCCC(C)C)C(C(C)C)CN1. The maximum Gasteiger partial charge on any atom is 0.0304 e. The van der Waals surface area contributed by atoms with Crippen molar-refractivity contribution in [3.63, 3.8) is 0 Å². The van der Waals surface area contributed by atoms with E-state index in [1.165, 1.54) is 51.7 Å². The van der Waals surface area contributed by atoms with E-state index in [1.807, 2.05) is 0 Å². The second-order valence-corrected chi connectivity index (χ2v) is 7.54. The van der Waals surface area contributed by atoms with Gasteiger partial charge in [0.05, 0.1) is 0 Å². The molecule has 120 valence electrons. The van der Waals surface area contributed by atoms with Crippen LogP contribution in [-0.2, 0) is 0 Å². The van der Waals surface area contributed by atoms with Crippen molar-refractivity contribution in [1.29, 1.82) is 0 Å². The standard InChI is InChI=1S/C18H38N2/c1-7-18(8-2)14-20(12-10-9-11-15(3)4)17(13-19-18)16(5)6/h15-17,19H,7-14H2,1-6H3. The number of piperazine rings is 1. The van der Waals surface area contributed by atoms with E-state index in [0.29, 0.717) is 5.54 Å². The Hall–Kier alpha value is -0.0800. The molecule has 0 bridgehead atoms. The van der Waals surface area contributed by atoms with Crippen molar-refractivity contribution in [2.45, 2.75) is 85.2 Å². The summed E-state index contributed by atoms with van der Waals surface area (Å²) in [4.78, 5) is 2.79. The number of unbranched alkanes of at least 4 members (excludes halogenated alkanes) is 1. The Balaban J connectivity index is 2.55. The summed E-state index contributed by atoms with van der Waals surface area (Å²) in [6.07, 6.45) is 6.63. The zero-order valence-electron chi connectivity index (χ0n) is 14.8. The van der Waals surface area contributed by atoms with Gasteiger partial charge in [0.15, 0.2) is 0 Å². The summed E-state index contributed by atoms with van der Waals surface area (Å²) < 4.78 is 0. The molecule has 0 aromatic carbocycles. The van der Waals surface area contributed by atoms with Crippen LogP contribution in [0.25, 0.3) is 0 Å². The molecule has 1 heterocycles. The van der Waals surface area contributed by atoms with E-state index in [0.717, 1.165) is 17.9 Å². The topological polar surface area (TPSA) is 15.3 Å². The molecular formula is C18H38N2. The van der Waals surface area contributed by atoms with Crippen molar-refractivity contribution in [2.75, 3.05) is 19.6 Å². The van der Waals surface area contributed by atoms with Crippen molar-refractivity contribution in [2.24, 2.45) is 11.8 Å². The van der Waals surface area contributed by atoms with E-state index < -0.39 is 0 Å². The lowest BCUT2D eigenvalue weighted by Gasteiger charge is -2.49. The maximum atomic E-state index is 3.86. The predicted octanol–water partition coefficient (Wildman–Crippen LogP) is 4.30. The maximum absolute atomic E-state index is 3.86. The summed E-state index contributed by atoms with van der Waals surface area (Å²) in [5.41, 5.74) is 0.365. The molecule has 0 amide bonds. The second kappa shape index (κ2) is 8.38. The normalized spacial score (nSPS) is 23.7. The van der Waals surface area contributed by atoms with Crippen LogP contribution in [0.1, 0.15) is 73.6 Å². The first-order valence-electron chi connectivity index (χ1n) is 8.93. The fraction of sp³-hybridized carbons (Fsp3) is 1.00. The van der Waals surface area contributed by atoms with Crippen LogP contribution in [0.4, 0.5) is 0 Å². The van der Waals surface area contributed by atoms with Gasteiger partial charge < -0.3 is 5.32 Å². The third-order valence-corrected chi connectivity index (χ3v) is 5.26. The molecule has 0 spiro atoms. The number of nitrogens with zero attached hydrogens (tertiary/aromatic N) is 1. The first kappa shape index (κ1) is 18.0. The van der Waals surface area contributed by atoms with Crippen molar-refractivity contribution in [1.82, 2.24) is 10.2 Å². The Morgan fingerprint density at radius 2 is 1.75 bits per heavy atom. The number of hydrogen-bond acceptors (Lipinski definition) is 2. The predicted molar refractivity (Wildman–Crippen MR) is 90.2 cm³/mol. The highest BCUT2D eigenvalue weighted by Gasteiger charge is 2.37. The molecule has 20 heavy (non-hydrogen) atoms. The van der Waals surface area contributed by atoms with Gasteiger partial charge in [-0.2, -0.15) is 0 Å². The number of hydrogen-bond donors (Lipinski definition) is 1. The van der Waals surface area contributed by atoms with Crippen LogP contribution >= 0.6 is 0 Å². The summed E-state index contributed by atoms with van der Waals surface area (Å²) >= 11 is 0. The molecule has 2 nitrogen and oxygen atoms in total. The Kier molecular flexibility index (Phi) is 7.53. The molecule has 0 aromatic rings. The summed E-state index contributed by atoms with van der Waals surface area (Å²) in [7, 11) is 0. The van der Waals surface area contributed by atoms with Crippen LogP contribution in [0.5, 0.6) is 0 Å². The van der Waals surface area contributed by atoms with E-state index in [-0.39, 0.29) is 0 Å². The number of nitrogens with one attached hydrogen (secondary N) is 1. The van der Waals surface area contributed by atoms with Crippen LogP contribution in [-0.4, -0.2) is 36.1 Å².